The molecule has 0 saturated heterocycles. The van der Waals surface area contributed by atoms with Gasteiger partial charge in [-0.05, 0) is 51.3 Å². The fraction of sp³-hybridized carbons (Fsp3) is 0.412. The van der Waals surface area contributed by atoms with E-state index in [1.165, 1.54) is 11.1 Å². The van der Waals surface area contributed by atoms with Gasteiger partial charge in [-0.15, -0.1) is 0 Å². The van der Waals surface area contributed by atoms with E-state index in [1.54, 1.807) is 0 Å². The van der Waals surface area contributed by atoms with Gasteiger partial charge in [-0.1, -0.05) is 18.2 Å². The highest BCUT2D eigenvalue weighted by molar-refractivity contribution is 5.91. The summed E-state index contributed by atoms with van der Waals surface area (Å²) >= 11 is 0. The number of benzene rings is 1. The molecular formula is C17H23N3O. The molecule has 1 heterocycles. The number of rotatable bonds is 4. The normalized spacial score (nSPS) is 11.0. The molecule has 1 aromatic carbocycles. The predicted molar refractivity (Wildman–Crippen MR) is 85.6 cm³/mol. The van der Waals surface area contributed by atoms with Crippen LogP contribution in [-0.4, -0.2) is 15.7 Å². The standard InChI is InChI=1S/C17H23N3O/c1-11(2)20-16(9-14(5)19-20)18-17(21)10-15-7-6-12(3)13(4)8-15/h6-9,11H,10H2,1-5H3,(H,18,21). The van der Waals surface area contributed by atoms with Crippen LogP contribution in [0.25, 0.3) is 0 Å². The van der Waals surface area contributed by atoms with Crippen molar-refractivity contribution in [3.63, 3.8) is 0 Å². The van der Waals surface area contributed by atoms with Crippen LogP contribution < -0.4 is 5.32 Å². The summed E-state index contributed by atoms with van der Waals surface area (Å²) in [6, 6.07) is 8.25. The van der Waals surface area contributed by atoms with Crippen molar-refractivity contribution in [1.82, 2.24) is 9.78 Å². The minimum atomic E-state index is -0.0138. The van der Waals surface area contributed by atoms with E-state index in [0.29, 0.717) is 6.42 Å². The van der Waals surface area contributed by atoms with Gasteiger partial charge in [0.05, 0.1) is 12.1 Å². The number of amides is 1. The molecule has 0 atom stereocenters. The van der Waals surface area contributed by atoms with Crippen LogP contribution in [-0.2, 0) is 11.2 Å². The molecule has 2 aromatic rings. The van der Waals surface area contributed by atoms with Gasteiger partial charge in [0.25, 0.3) is 0 Å². The topological polar surface area (TPSA) is 46.9 Å². The number of nitrogens with one attached hydrogen (secondary N) is 1. The molecule has 0 unspecified atom stereocenters. The highest BCUT2D eigenvalue weighted by Crippen LogP contribution is 2.17. The van der Waals surface area contributed by atoms with Crippen molar-refractivity contribution < 1.29 is 4.79 Å². The largest absolute Gasteiger partial charge is 0.311 e. The second-order valence-corrected chi connectivity index (χ2v) is 5.85. The lowest BCUT2D eigenvalue weighted by molar-refractivity contribution is -0.115. The van der Waals surface area contributed by atoms with Crippen molar-refractivity contribution >= 4 is 11.7 Å². The van der Waals surface area contributed by atoms with E-state index in [4.69, 9.17) is 0 Å². The third-order valence-corrected chi connectivity index (χ3v) is 3.55. The lowest BCUT2D eigenvalue weighted by Gasteiger charge is -2.12. The van der Waals surface area contributed by atoms with Gasteiger partial charge < -0.3 is 5.32 Å². The first-order chi connectivity index (χ1) is 9.86. The zero-order valence-electron chi connectivity index (χ0n) is 13.4. The maximum absolute atomic E-state index is 12.2. The fourth-order valence-electron chi connectivity index (χ4n) is 2.29. The van der Waals surface area contributed by atoms with Gasteiger partial charge in [-0.2, -0.15) is 5.10 Å². The summed E-state index contributed by atoms with van der Waals surface area (Å²) in [5, 5.41) is 7.35. The smallest absolute Gasteiger partial charge is 0.229 e. The number of anilines is 1. The second-order valence-electron chi connectivity index (χ2n) is 5.85. The van der Waals surface area contributed by atoms with Crippen LogP contribution in [0.2, 0.25) is 0 Å². The Morgan fingerprint density at radius 2 is 1.90 bits per heavy atom. The SMILES string of the molecule is Cc1cc(NC(=O)Cc2ccc(C)c(C)c2)n(C(C)C)n1. The van der Waals surface area contributed by atoms with E-state index in [0.717, 1.165) is 17.1 Å². The summed E-state index contributed by atoms with van der Waals surface area (Å²) < 4.78 is 1.84. The molecule has 0 bridgehead atoms. The number of hydrogen-bond acceptors (Lipinski definition) is 2. The molecule has 21 heavy (non-hydrogen) atoms. The van der Waals surface area contributed by atoms with Gasteiger partial charge in [0.2, 0.25) is 5.91 Å². The molecule has 1 aromatic heterocycles. The van der Waals surface area contributed by atoms with E-state index in [9.17, 15) is 4.79 Å². The first-order valence-electron chi connectivity index (χ1n) is 7.29. The van der Waals surface area contributed by atoms with Crippen molar-refractivity contribution in [3.8, 4) is 0 Å². The van der Waals surface area contributed by atoms with Crippen LogP contribution in [0.5, 0.6) is 0 Å². The van der Waals surface area contributed by atoms with Gasteiger partial charge in [-0.3, -0.25) is 4.79 Å². The van der Waals surface area contributed by atoms with E-state index >= 15 is 0 Å². The molecule has 0 spiro atoms. The monoisotopic (exact) mass is 285 g/mol. The Labute approximate surface area is 126 Å². The van der Waals surface area contributed by atoms with Crippen molar-refractivity contribution in [3.05, 3.63) is 46.6 Å². The van der Waals surface area contributed by atoms with Crippen molar-refractivity contribution in [2.45, 2.75) is 47.1 Å². The Morgan fingerprint density at radius 3 is 2.52 bits per heavy atom. The average Bonchev–Trinajstić information content (AvgIpc) is 2.75. The fourth-order valence-corrected chi connectivity index (χ4v) is 2.29. The van der Waals surface area contributed by atoms with Crippen LogP contribution in [0.15, 0.2) is 24.3 Å². The van der Waals surface area contributed by atoms with Gasteiger partial charge >= 0.3 is 0 Å². The Kier molecular flexibility index (Phi) is 4.46. The van der Waals surface area contributed by atoms with E-state index in [2.05, 4.69) is 36.4 Å². The second kappa shape index (κ2) is 6.12. The van der Waals surface area contributed by atoms with Crippen LogP contribution in [0.1, 0.15) is 42.3 Å². The van der Waals surface area contributed by atoms with Crippen LogP contribution in [0.3, 0.4) is 0 Å². The lowest BCUT2D eigenvalue weighted by Crippen LogP contribution is -2.18. The minimum absolute atomic E-state index is 0.0138. The number of nitrogens with zero attached hydrogens (tertiary/aromatic N) is 2. The molecule has 1 amide bonds. The Hall–Kier alpha value is -2.10. The van der Waals surface area contributed by atoms with Gasteiger partial charge in [0, 0.05) is 12.1 Å². The predicted octanol–water partition coefficient (Wildman–Crippen LogP) is 3.57. The minimum Gasteiger partial charge on any atom is -0.311 e. The summed E-state index contributed by atoms with van der Waals surface area (Å²) in [7, 11) is 0. The molecule has 0 aliphatic carbocycles. The van der Waals surface area contributed by atoms with Crippen molar-refractivity contribution in [2.24, 2.45) is 0 Å². The van der Waals surface area contributed by atoms with Gasteiger partial charge in [-0.25, -0.2) is 4.68 Å². The lowest BCUT2D eigenvalue weighted by atomic mass is 10.0. The molecular weight excluding hydrogens is 262 g/mol. The summed E-state index contributed by atoms with van der Waals surface area (Å²) in [6.07, 6.45) is 0.378. The number of carbonyl (C=O) groups is 1. The Morgan fingerprint density at radius 1 is 1.19 bits per heavy atom. The molecule has 0 aliphatic rings. The zero-order chi connectivity index (χ0) is 15.6. The molecule has 0 radical (unpaired) electrons. The number of carbonyl (C=O) groups excluding carboxylic acids is 1. The molecule has 0 aliphatic heterocycles. The number of aryl methyl sites for hydroxylation is 3. The van der Waals surface area contributed by atoms with Crippen LogP contribution >= 0.6 is 0 Å². The molecule has 4 heteroatoms. The van der Waals surface area contributed by atoms with Crippen molar-refractivity contribution in [2.75, 3.05) is 5.32 Å². The molecule has 112 valence electrons. The van der Waals surface area contributed by atoms with Crippen LogP contribution in [0.4, 0.5) is 5.82 Å². The van der Waals surface area contributed by atoms with E-state index < -0.39 is 0 Å². The summed E-state index contributed by atoms with van der Waals surface area (Å²) in [5.74, 6) is 0.747. The first kappa shape index (κ1) is 15.3. The Balaban J connectivity index is 2.09. The van der Waals surface area contributed by atoms with Gasteiger partial charge in [0.15, 0.2) is 0 Å². The quantitative estimate of drug-likeness (QED) is 0.933. The van der Waals surface area contributed by atoms with E-state index in [-0.39, 0.29) is 11.9 Å². The van der Waals surface area contributed by atoms with Crippen molar-refractivity contribution in [1.29, 1.82) is 0 Å². The van der Waals surface area contributed by atoms with E-state index in [1.807, 2.05) is 37.6 Å². The summed E-state index contributed by atoms with van der Waals surface area (Å²) in [4.78, 5) is 12.2. The molecule has 4 nitrogen and oxygen atoms in total. The molecule has 2 rings (SSSR count). The average molecular weight is 285 g/mol. The summed E-state index contributed by atoms with van der Waals surface area (Å²) in [6.45, 7) is 10.2. The molecule has 1 N–H and O–H groups in total. The molecule has 0 fully saturated rings. The highest BCUT2D eigenvalue weighted by atomic mass is 16.1. The third-order valence-electron chi connectivity index (χ3n) is 3.55. The number of hydrogen-bond donors (Lipinski definition) is 1. The third kappa shape index (κ3) is 3.72. The maximum atomic E-state index is 12.2. The zero-order valence-corrected chi connectivity index (χ0v) is 13.4. The first-order valence-corrected chi connectivity index (χ1v) is 7.29. The maximum Gasteiger partial charge on any atom is 0.229 e. The van der Waals surface area contributed by atoms with Gasteiger partial charge in [0.1, 0.15) is 5.82 Å². The Bertz CT molecular complexity index is 656. The number of aromatic nitrogens is 2. The molecule has 0 saturated carbocycles. The summed E-state index contributed by atoms with van der Waals surface area (Å²) in [5.41, 5.74) is 4.39. The highest BCUT2D eigenvalue weighted by Gasteiger charge is 2.12. The van der Waals surface area contributed by atoms with Crippen LogP contribution in [0, 0.1) is 20.8 Å².